The maximum absolute atomic E-state index is 11.5. The molecule has 0 radical (unpaired) electrons. The van der Waals surface area contributed by atoms with E-state index in [4.69, 9.17) is 9.84 Å². The molecule has 2 amide bonds. The molecule has 0 bridgehead atoms. The van der Waals surface area contributed by atoms with E-state index >= 15 is 0 Å². The number of carbonyl (C=O) groups is 2. The van der Waals surface area contributed by atoms with Crippen LogP contribution in [0.15, 0.2) is 0 Å². The van der Waals surface area contributed by atoms with E-state index in [0.717, 1.165) is 25.7 Å². The first-order valence-corrected chi connectivity index (χ1v) is 5.90. The van der Waals surface area contributed by atoms with Gasteiger partial charge in [0.2, 0.25) is 0 Å². The molecular weight excluding hydrogens is 224 g/mol. The summed E-state index contributed by atoms with van der Waals surface area (Å²) in [5, 5.41) is 14.1. The minimum atomic E-state index is -0.935. The molecule has 0 heterocycles. The van der Waals surface area contributed by atoms with Gasteiger partial charge in [-0.25, -0.2) is 4.79 Å². The van der Waals surface area contributed by atoms with E-state index in [1.807, 2.05) is 0 Å². The number of methoxy groups -OCH3 is 1. The fourth-order valence-corrected chi connectivity index (χ4v) is 1.95. The summed E-state index contributed by atoms with van der Waals surface area (Å²) in [6.07, 6.45) is 3.77. The molecule has 1 saturated carbocycles. The molecule has 98 valence electrons. The lowest BCUT2D eigenvalue weighted by atomic mass is 10.2. The van der Waals surface area contributed by atoms with Crippen molar-refractivity contribution >= 4 is 12.0 Å². The zero-order valence-electron chi connectivity index (χ0n) is 10.1. The van der Waals surface area contributed by atoms with Crippen LogP contribution < -0.4 is 10.6 Å². The quantitative estimate of drug-likeness (QED) is 0.642. The number of ether oxygens (including phenoxy) is 1. The summed E-state index contributed by atoms with van der Waals surface area (Å²) in [4.78, 5) is 22.0. The van der Waals surface area contributed by atoms with Gasteiger partial charge in [0.1, 0.15) is 0 Å². The highest BCUT2D eigenvalue weighted by Gasteiger charge is 2.18. The minimum absolute atomic E-state index is 0.111. The van der Waals surface area contributed by atoms with Crippen molar-refractivity contribution in [3.05, 3.63) is 0 Å². The fraction of sp³-hybridized carbons (Fsp3) is 0.818. The first kappa shape index (κ1) is 13.8. The molecule has 3 N–H and O–H groups in total. The van der Waals surface area contributed by atoms with Gasteiger partial charge in [-0.15, -0.1) is 0 Å². The number of carbonyl (C=O) groups excluding carboxylic acids is 1. The van der Waals surface area contributed by atoms with Crippen molar-refractivity contribution < 1.29 is 19.4 Å². The summed E-state index contributed by atoms with van der Waals surface area (Å²) < 4.78 is 4.96. The van der Waals surface area contributed by atoms with Crippen molar-refractivity contribution in [1.82, 2.24) is 10.6 Å². The van der Waals surface area contributed by atoms with Crippen molar-refractivity contribution in [2.24, 2.45) is 0 Å². The Kier molecular flexibility index (Phi) is 5.76. The average molecular weight is 244 g/mol. The second-order valence-electron chi connectivity index (χ2n) is 4.29. The van der Waals surface area contributed by atoms with Gasteiger partial charge in [0.15, 0.2) is 0 Å². The fourth-order valence-electron chi connectivity index (χ4n) is 1.95. The van der Waals surface area contributed by atoms with Gasteiger partial charge in [-0.1, -0.05) is 12.8 Å². The molecule has 1 rings (SSSR count). The molecule has 0 aromatic heterocycles. The van der Waals surface area contributed by atoms with Crippen molar-refractivity contribution in [3.63, 3.8) is 0 Å². The summed E-state index contributed by atoms with van der Waals surface area (Å²) >= 11 is 0. The number of nitrogens with one attached hydrogen (secondary N) is 2. The van der Waals surface area contributed by atoms with Gasteiger partial charge < -0.3 is 20.5 Å². The maximum atomic E-state index is 11.5. The third-order valence-corrected chi connectivity index (χ3v) is 2.92. The number of carboxylic acid groups (broad SMARTS) is 1. The van der Waals surface area contributed by atoms with Gasteiger partial charge in [0.05, 0.1) is 12.5 Å². The second-order valence-corrected chi connectivity index (χ2v) is 4.29. The van der Waals surface area contributed by atoms with Gasteiger partial charge >= 0.3 is 12.0 Å². The summed E-state index contributed by atoms with van der Waals surface area (Å²) in [5.74, 6) is -0.935. The highest BCUT2D eigenvalue weighted by atomic mass is 16.5. The molecule has 1 atom stereocenters. The number of urea groups is 1. The lowest BCUT2D eigenvalue weighted by Gasteiger charge is -2.16. The molecule has 1 fully saturated rings. The third-order valence-electron chi connectivity index (χ3n) is 2.92. The van der Waals surface area contributed by atoms with Crippen LogP contribution >= 0.6 is 0 Å². The Morgan fingerprint density at radius 2 is 2.06 bits per heavy atom. The Hall–Kier alpha value is -1.30. The number of rotatable bonds is 6. The van der Waals surface area contributed by atoms with Crippen LogP contribution in [-0.4, -0.2) is 42.9 Å². The molecule has 0 spiro atoms. The Morgan fingerprint density at radius 1 is 1.41 bits per heavy atom. The molecule has 0 aromatic rings. The Labute approximate surface area is 101 Å². The molecule has 17 heavy (non-hydrogen) atoms. The van der Waals surface area contributed by atoms with Crippen LogP contribution in [0.3, 0.4) is 0 Å². The normalized spacial score (nSPS) is 17.7. The summed E-state index contributed by atoms with van der Waals surface area (Å²) in [6, 6.07) is 0.0137. The highest BCUT2D eigenvalue weighted by Crippen LogP contribution is 2.17. The van der Waals surface area contributed by atoms with Crippen molar-refractivity contribution in [3.8, 4) is 0 Å². The van der Waals surface area contributed by atoms with Crippen LogP contribution in [0.4, 0.5) is 4.79 Å². The highest BCUT2D eigenvalue weighted by molar-refractivity contribution is 5.74. The second kappa shape index (κ2) is 7.11. The van der Waals surface area contributed by atoms with Crippen LogP contribution in [0.2, 0.25) is 0 Å². The van der Waals surface area contributed by atoms with Crippen molar-refractivity contribution in [1.29, 1.82) is 0 Å². The van der Waals surface area contributed by atoms with Crippen molar-refractivity contribution in [2.45, 2.75) is 44.2 Å². The zero-order chi connectivity index (χ0) is 12.7. The Balaban J connectivity index is 2.18. The molecule has 1 aliphatic rings. The van der Waals surface area contributed by atoms with E-state index in [9.17, 15) is 9.59 Å². The third kappa shape index (κ3) is 5.53. The van der Waals surface area contributed by atoms with Gasteiger partial charge in [0.25, 0.3) is 0 Å². The van der Waals surface area contributed by atoms with Crippen LogP contribution in [-0.2, 0) is 9.53 Å². The molecule has 0 saturated heterocycles. The van der Waals surface area contributed by atoms with E-state index in [2.05, 4.69) is 10.6 Å². The zero-order valence-corrected chi connectivity index (χ0v) is 10.1. The van der Waals surface area contributed by atoms with Crippen molar-refractivity contribution in [2.75, 3.05) is 13.7 Å². The number of hydrogen-bond donors (Lipinski definition) is 3. The van der Waals surface area contributed by atoms with E-state index in [1.165, 1.54) is 7.11 Å². The van der Waals surface area contributed by atoms with Crippen LogP contribution in [0.1, 0.15) is 32.1 Å². The first-order valence-electron chi connectivity index (χ1n) is 5.90. The molecule has 0 aromatic carbocycles. The Bertz CT molecular complexity index is 264. The van der Waals surface area contributed by atoms with E-state index < -0.39 is 12.1 Å². The summed E-state index contributed by atoms with van der Waals surface area (Å²) in [7, 11) is 1.43. The van der Waals surface area contributed by atoms with Gasteiger partial charge in [-0.3, -0.25) is 4.79 Å². The molecule has 6 heteroatoms. The number of amides is 2. The standard InChI is InChI=1S/C11H20N2O4/c1-17-9(6-10(14)15)7-12-11(16)13-8-4-2-3-5-8/h8-9H,2-7H2,1H3,(H,14,15)(H2,12,13,16). The van der Waals surface area contributed by atoms with Gasteiger partial charge in [-0.05, 0) is 12.8 Å². The lowest BCUT2D eigenvalue weighted by molar-refractivity contribution is -0.139. The van der Waals surface area contributed by atoms with Crippen LogP contribution in [0, 0.1) is 0 Å². The maximum Gasteiger partial charge on any atom is 0.315 e. The topological polar surface area (TPSA) is 87.7 Å². The molecule has 0 aliphatic heterocycles. The Morgan fingerprint density at radius 3 is 2.59 bits per heavy atom. The predicted molar refractivity (Wildman–Crippen MR) is 61.8 cm³/mol. The average Bonchev–Trinajstić information content (AvgIpc) is 2.76. The predicted octanol–water partition coefficient (Wildman–Crippen LogP) is 0.718. The molecule has 1 aliphatic carbocycles. The van der Waals surface area contributed by atoms with Gasteiger partial charge in [0, 0.05) is 19.7 Å². The molecule has 6 nitrogen and oxygen atoms in total. The number of carboxylic acids is 1. The minimum Gasteiger partial charge on any atom is -0.481 e. The monoisotopic (exact) mass is 244 g/mol. The largest absolute Gasteiger partial charge is 0.481 e. The SMILES string of the molecule is COC(CNC(=O)NC1CCCC1)CC(=O)O. The molecular formula is C11H20N2O4. The van der Waals surface area contributed by atoms with E-state index in [1.54, 1.807) is 0 Å². The summed E-state index contributed by atoms with van der Waals surface area (Å²) in [6.45, 7) is 0.210. The lowest BCUT2D eigenvalue weighted by Crippen LogP contribution is -2.44. The van der Waals surface area contributed by atoms with Gasteiger partial charge in [-0.2, -0.15) is 0 Å². The van der Waals surface area contributed by atoms with E-state index in [0.29, 0.717) is 0 Å². The molecule has 1 unspecified atom stereocenters. The van der Waals surface area contributed by atoms with E-state index in [-0.39, 0.29) is 25.0 Å². The number of aliphatic carboxylic acids is 1. The summed E-state index contributed by atoms with van der Waals surface area (Å²) in [5.41, 5.74) is 0. The first-order chi connectivity index (χ1) is 8.11. The van der Waals surface area contributed by atoms with Crippen LogP contribution in [0.5, 0.6) is 0 Å². The van der Waals surface area contributed by atoms with Crippen LogP contribution in [0.25, 0.3) is 0 Å². The number of hydrogen-bond acceptors (Lipinski definition) is 3. The smallest absolute Gasteiger partial charge is 0.315 e.